The normalized spacial score (nSPS) is 13.9. The van der Waals surface area contributed by atoms with E-state index in [9.17, 15) is 18.3 Å². The lowest BCUT2D eigenvalue weighted by Crippen LogP contribution is -2.28. The number of aliphatic hydroxyl groups excluding tert-OH is 1. The van der Waals surface area contributed by atoms with Crippen LogP contribution in [0.2, 0.25) is 0 Å². The van der Waals surface area contributed by atoms with Crippen molar-refractivity contribution in [2.24, 2.45) is 0 Å². The van der Waals surface area contributed by atoms with Crippen LogP contribution >= 0.6 is 0 Å². The first kappa shape index (κ1) is 16.0. The summed E-state index contributed by atoms with van der Waals surface area (Å²) < 4.78 is 36.3. The van der Waals surface area contributed by atoms with Gasteiger partial charge >= 0.3 is 6.18 Å². The molecule has 1 unspecified atom stereocenters. The summed E-state index contributed by atoms with van der Waals surface area (Å²) >= 11 is 0. The van der Waals surface area contributed by atoms with Crippen LogP contribution in [0.15, 0.2) is 18.2 Å². The molecule has 19 heavy (non-hydrogen) atoms. The lowest BCUT2D eigenvalue weighted by Gasteiger charge is -2.22. The molecule has 1 rings (SSSR count). The SMILES string of the molecule is Cc1ccc(C(O)CN(C)CCC(F)(F)F)c(C)c1. The quantitative estimate of drug-likeness (QED) is 0.892. The van der Waals surface area contributed by atoms with E-state index in [-0.39, 0.29) is 13.1 Å². The van der Waals surface area contributed by atoms with Gasteiger partial charge in [-0.3, -0.25) is 0 Å². The van der Waals surface area contributed by atoms with E-state index in [4.69, 9.17) is 0 Å². The number of benzene rings is 1. The number of nitrogens with zero attached hydrogens (tertiary/aromatic N) is 1. The van der Waals surface area contributed by atoms with E-state index in [2.05, 4.69) is 0 Å². The van der Waals surface area contributed by atoms with Gasteiger partial charge in [0.25, 0.3) is 0 Å². The van der Waals surface area contributed by atoms with E-state index in [0.29, 0.717) is 0 Å². The minimum absolute atomic E-state index is 0.106. The zero-order valence-corrected chi connectivity index (χ0v) is 11.5. The summed E-state index contributed by atoms with van der Waals surface area (Å²) in [7, 11) is 1.58. The van der Waals surface area contributed by atoms with Gasteiger partial charge in [0.15, 0.2) is 0 Å². The van der Waals surface area contributed by atoms with Crippen molar-refractivity contribution >= 4 is 0 Å². The van der Waals surface area contributed by atoms with E-state index >= 15 is 0 Å². The number of aliphatic hydroxyl groups is 1. The van der Waals surface area contributed by atoms with Crippen molar-refractivity contribution in [2.45, 2.75) is 32.5 Å². The van der Waals surface area contributed by atoms with Crippen molar-refractivity contribution in [3.63, 3.8) is 0 Å². The zero-order chi connectivity index (χ0) is 14.6. The predicted octanol–water partition coefficient (Wildman–Crippen LogP) is 3.22. The molecule has 0 saturated carbocycles. The van der Waals surface area contributed by atoms with E-state index in [0.717, 1.165) is 16.7 Å². The summed E-state index contributed by atoms with van der Waals surface area (Å²) in [5, 5.41) is 10.1. The number of aryl methyl sites for hydroxylation is 2. The number of hydrogen-bond donors (Lipinski definition) is 1. The lowest BCUT2D eigenvalue weighted by molar-refractivity contribution is -0.137. The highest BCUT2D eigenvalue weighted by atomic mass is 19.4. The Labute approximate surface area is 111 Å². The third kappa shape index (κ3) is 5.61. The number of alkyl halides is 3. The average molecular weight is 275 g/mol. The fourth-order valence-electron chi connectivity index (χ4n) is 2.00. The largest absolute Gasteiger partial charge is 0.390 e. The number of hydrogen-bond acceptors (Lipinski definition) is 2. The van der Waals surface area contributed by atoms with E-state index in [1.165, 1.54) is 4.90 Å². The molecule has 0 heterocycles. The third-order valence-electron chi connectivity index (χ3n) is 3.05. The first-order chi connectivity index (χ1) is 8.69. The lowest BCUT2D eigenvalue weighted by atomic mass is 10.0. The molecule has 0 aliphatic heterocycles. The van der Waals surface area contributed by atoms with Gasteiger partial charge < -0.3 is 10.0 Å². The molecule has 0 bridgehead atoms. The Balaban J connectivity index is 2.56. The maximum Gasteiger partial charge on any atom is 0.390 e. The van der Waals surface area contributed by atoms with Crippen LogP contribution in [0.5, 0.6) is 0 Å². The second-order valence-corrected chi connectivity index (χ2v) is 5.00. The van der Waals surface area contributed by atoms with Gasteiger partial charge in [-0.2, -0.15) is 13.2 Å². The monoisotopic (exact) mass is 275 g/mol. The zero-order valence-electron chi connectivity index (χ0n) is 11.5. The maximum absolute atomic E-state index is 12.1. The standard InChI is InChI=1S/C14H20F3NO/c1-10-4-5-12(11(2)8-10)13(19)9-18(3)7-6-14(15,16)17/h4-5,8,13,19H,6-7,9H2,1-3H3. The fraction of sp³-hybridized carbons (Fsp3) is 0.571. The Bertz CT molecular complexity index is 418. The fourth-order valence-corrected chi connectivity index (χ4v) is 2.00. The van der Waals surface area contributed by atoms with Crippen LogP contribution in [0.25, 0.3) is 0 Å². The molecule has 0 fully saturated rings. The van der Waals surface area contributed by atoms with E-state index in [1.54, 1.807) is 7.05 Å². The topological polar surface area (TPSA) is 23.5 Å². The molecule has 1 atom stereocenters. The van der Waals surface area contributed by atoms with E-state index in [1.807, 2.05) is 32.0 Å². The third-order valence-corrected chi connectivity index (χ3v) is 3.05. The van der Waals surface area contributed by atoms with Crippen LogP contribution in [-0.2, 0) is 0 Å². The van der Waals surface area contributed by atoms with Crippen LogP contribution in [0.4, 0.5) is 13.2 Å². The molecular formula is C14H20F3NO. The van der Waals surface area contributed by atoms with Crippen molar-refractivity contribution in [1.82, 2.24) is 4.90 Å². The summed E-state index contributed by atoms with van der Waals surface area (Å²) in [6.07, 6.45) is -5.78. The van der Waals surface area contributed by atoms with Crippen molar-refractivity contribution in [1.29, 1.82) is 0 Å². The van der Waals surface area contributed by atoms with Crippen molar-refractivity contribution < 1.29 is 18.3 Å². The van der Waals surface area contributed by atoms with Gasteiger partial charge in [-0.1, -0.05) is 23.8 Å². The van der Waals surface area contributed by atoms with Crippen LogP contribution in [0.3, 0.4) is 0 Å². The molecule has 0 radical (unpaired) electrons. The summed E-state index contributed by atoms with van der Waals surface area (Å²) in [6.45, 7) is 3.94. The summed E-state index contributed by atoms with van der Waals surface area (Å²) in [5.74, 6) is 0. The molecule has 108 valence electrons. The van der Waals surface area contributed by atoms with Crippen LogP contribution < -0.4 is 0 Å². The molecule has 0 saturated heterocycles. The highest BCUT2D eigenvalue weighted by Gasteiger charge is 2.27. The average Bonchev–Trinajstić information content (AvgIpc) is 2.25. The van der Waals surface area contributed by atoms with Gasteiger partial charge in [0.05, 0.1) is 12.5 Å². The molecule has 0 spiro atoms. The van der Waals surface area contributed by atoms with Gasteiger partial charge in [-0.15, -0.1) is 0 Å². The molecule has 1 aromatic carbocycles. The molecule has 1 aromatic rings. The summed E-state index contributed by atoms with van der Waals surface area (Å²) in [5.41, 5.74) is 2.82. The van der Waals surface area contributed by atoms with Gasteiger partial charge in [0.1, 0.15) is 0 Å². The van der Waals surface area contributed by atoms with Gasteiger partial charge in [-0.25, -0.2) is 0 Å². The molecule has 1 N–H and O–H groups in total. The second-order valence-electron chi connectivity index (χ2n) is 5.00. The molecule has 0 amide bonds. The van der Waals surface area contributed by atoms with Crippen LogP contribution in [0.1, 0.15) is 29.2 Å². The maximum atomic E-state index is 12.1. The molecule has 0 aliphatic carbocycles. The smallest absolute Gasteiger partial charge is 0.387 e. The minimum atomic E-state index is -4.15. The summed E-state index contributed by atoms with van der Waals surface area (Å²) in [6, 6.07) is 5.67. The highest BCUT2D eigenvalue weighted by Crippen LogP contribution is 2.22. The molecule has 5 heteroatoms. The Kier molecular flexibility index (Phi) is 5.38. The van der Waals surface area contributed by atoms with Crippen molar-refractivity contribution in [2.75, 3.05) is 20.1 Å². The Hall–Kier alpha value is -1.07. The molecule has 0 aromatic heterocycles. The Morgan fingerprint density at radius 3 is 2.42 bits per heavy atom. The first-order valence-electron chi connectivity index (χ1n) is 6.19. The van der Waals surface area contributed by atoms with Gasteiger partial charge in [-0.05, 0) is 32.0 Å². The van der Waals surface area contributed by atoms with Gasteiger partial charge in [0, 0.05) is 13.1 Å². The number of rotatable bonds is 5. The molecule has 2 nitrogen and oxygen atoms in total. The Morgan fingerprint density at radius 2 is 1.89 bits per heavy atom. The number of likely N-dealkylation sites (N-methyl/N-ethyl adjacent to an activating group) is 1. The van der Waals surface area contributed by atoms with Crippen molar-refractivity contribution in [3.05, 3.63) is 34.9 Å². The van der Waals surface area contributed by atoms with Crippen LogP contribution in [-0.4, -0.2) is 36.3 Å². The predicted molar refractivity (Wildman–Crippen MR) is 69.0 cm³/mol. The first-order valence-corrected chi connectivity index (χ1v) is 6.19. The summed E-state index contributed by atoms with van der Waals surface area (Å²) in [4.78, 5) is 1.50. The second kappa shape index (κ2) is 6.39. The van der Waals surface area contributed by atoms with Crippen molar-refractivity contribution in [3.8, 4) is 0 Å². The van der Waals surface area contributed by atoms with Gasteiger partial charge in [0.2, 0.25) is 0 Å². The highest BCUT2D eigenvalue weighted by molar-refractivity contribution is 5.32. The minimum Gasteiger partial charge on any atom is -0.387 e. The Morgan fingerprint density at radius 1 is 1.26 bits per heavy atom. The molecular weight excluding hydrogens is 255 g/mol. The number of halogens is 3. The van der Waals surface area contributed by atoms with Crippen LogP contribution in [0, 0.1) is 13.8 Å². The molecule has 0 aliphatic rings. The van der Waals surface area contributed by atoms with E-state index < -0.39 is 18.7 Å².